The summed E-state index contributed by atoms with van der Waals surface area (Å²) in [6.07, 6.45) is -0.635. The minimum Gasteiger partial charge on any atom is -0.481 e. The SMILES string of the molecule is CCC(C)C(NC(=O)C(CC(=O)O)NC(=O)C(N)CCC(N)=O)C(=O)NC(C)C(=O)O. The highest BCUT2D eigenvalue weighted by Crippen LogP contribution is 2.10. The van der Waals surface area contributed by atoms with E-state index in [2.05, 4.69) is 16.0 Å². The normalized spacial score (nSPS) is 15.5. The highest BCUT2D eigenvalue weighted by molar-refractivity contribution is 5.95. The summed E-state index contributed by atoms with van der Waals surface area (Å²) < 4.78 is 0. The van der Waals surface area contributed by atoms with Crippen LogP contribution in [0, 0.1) is 5.92 Å². The summed E-state index contributed by atoms with van der Waals surface area (Å²) in [6, 6.07) is -5.15. The summed E-state index contributed by atoms with van der Waals surface area (Å²) in [4.78, 5) is 70.2. The summed E-state index contributed by atoms with van der Waals surface area (Å²) in [5, 5.41) is 24.8. The number of carbonyl (C=O) groups excluding carboxylic acids is 4. The molecule has 176 valence electrons. The molecule has 0 saturated heterocycles. The molecule has 13 heteroatoms. The molecule has 0 aromatic heterocycles. The smallest absolute Gasteiger partial charge is 0.325 e. The van der Waals surface area contributed by atoms with Gasteiger partial charge in [-0.25, -0.2) is 0 Å². The number of carboxylic acid groups (broad SMARTS) is 2. The van der Waals surface area contributed by atoms with Gasteiger partial charge in [0.2, 0.25) is 23.6 Å². The van der Waals surface area contributed by atoms with Gasteiger partial charge in [0, 0.05) is 6.42 Å². The second kappa shape index (κ2) is 13.2. The molecule has 0 heterocycles. The number of primary amides is 1. The van der Waals surface area contributed by atoms with Crippen LogP contribution in [0.15, 0.2) is 0 Å². The first-order valence-electron chi connectivity index (χ1n) is 9.69. The molecule has 0 aromatic rings. The number of hydrogen-bond donors (Lipinski definition) is 7. The number of carboxylic acids is 2. The maximum Gasteiger partial charge on any atom is 0.325 e. The molecule has 5 atom stereocenters. The molecule has 0 aliphatic heterocycles. The Morgan fingerprint density at radius 3 is 1.94 bits per heavy atom. The van der Waals surface area contributed by atoms with Crippen molar-refractivity contribution in [3.05, 3.63) is 0 Å². The Morgan fingerprint density at radius 1 is 0.903 bits per heavy atom. The van der Waals surface area contributed by atoms with Gasteiger partial charge in [-0.2, -0.15) is 0 Å². The molecular formula is C18H31N5O8. The first-order valence-corrected chi connectivity index (χ1v) is 9.69. The molecule has 0 aromatic carbocycles. The average molecular weight is 445 g/mol. The van der Waals surface area contributed by atoms with Crippen LogP contribution in [-0.4, -0.2) is 69.9 Å². The van der Waals surface area contributed by atoms with Crippen molar-refractivity contribution in [2.24, 2.45) is 17.4 Å². The van der Waals surface area contributed by atoms with Gasteiger partial charge in [0.15, 0.2) is 0 Å². The molecule has 9 N–H and O–H groups in total. The first-order chi connectivity index (χ1) is 14.3. The number of carbonyl (C=O) groups is 6. The fourth-order valence-corrected chi connectivity index (χ4v) is 2.41. The van der Waals surface area contributed by atoms with Crippen LogP contribution in [0.5, 0.6) is 0 Å². The molecule has 4 amide bonds. The van der Waals surface area contributed by atoms with Gasteiger partial charge >= 0.3 is 11.9 Å². The summed E-state index contributed by atoms with van der Waals surface area (Å²) in [6.45, 7) is 4.63. The molecule has 0 spiro atoms. The van der Waals surface area contributed by atoms with E-state index in [0.29, 0.717) is 6.42 Å². The van der Waals surface area contributed by atoms with E-state index in [1.54, 1.807) is 13.8 Å². The Morgan fingerprint density at radius 2 is 1.48 bits per heavy atom. The fourth-order valence-electron chi connectivity index (χ4n) is 2.41. The quantitative estimate of drug-likeness (QED) is 0.151. The highest BCUT2D eigenvalue weighted by Gasteiger charge is 2.32. The summed E-state index contributed by atoms with van der Waals surface area (Å²) in [5.74, 6) is -6.37. The summed E-state index contributed by atoms with van der Waals surface area (Å²) >= 11 is 0. The van der Waals surface area contributed by atoms with Gasteiger partial charge in [-0.1, -0.05) is 20.3 Å². The van der Waals surface area contributed by atoms with Gasteiger partial charge in [-0.05, 0) is 19.3 Å². The zero-order valence-corrected chi connectivity index (χ0v) is 17.7. The van der Waals surface area contributed by atoms with Crippen LogP contribution in [0.25, 0.3) is 0 Å². The van der Waals surface area contributed by atoms with Crippen LogP contribution in [0.3, 0.4) is 0 Å². The summed E-state index contributed by atoms with van der Waals surface area (Å²) in [7, 11) is 0. The lowest BCUT2D eigenvalue weighted by Crippen LogP contribution is -2.58. The van der Waals surface area contributed by atoms with E-state index in [4.69, 9.17) is 21.7 Å². The molecule has 5 unspecified atom stereocenters. The molecule has 0 saturated carbocycles. The standard InChI is InChI=1S/C18H31N5O8/c1-4-8(2)14(17(29)21-9(3)18(30)31)23-16(28)11(7-13(25)26)22-15(27)10(19)5-6-12(20)24/h8-11,14H,4-7,19H2,1-3H3,(H2,20,24)(H,21,29)(H,22,27)(H,23,28)(H,25,26)(H,30,31). The van der Waals surface area contributed by atoms with E-state index in [0.717, 1.165) is 0 Å². The third-order valence-electron chi connectivity index (χ3n) is 4.57. The number of aliphatic carboxylic acids is 2. The molecule has 0 radical (unpaired) electrons. The fraction of sp³-hybridized carbons (Fsp3) is 0.667. The highest BCUT2D eigenvalue weighted by atomic mass is 16.4. The molecule has 0 aliphatic rings. The second-order valence-corrected chi connectivity index (χ2v) is 7.21. The maximum absolute atomic E-state index is 12.7. The van der Waals surface area contributed by atoms with Crippen molar-refractivity contribution in [3.8, 4) is 0 Å². The van der Waals surface area contributed by atoms with Crippen LogP contribution in [0.2, 0.25) is 0 Å². The second-order valence-electron chi connectivity index (χ2n) is 7.21. The third kappa shape index (κ3) is 10.4. The van der Waals surface area contributed by atoms with E-state index in [-0.39, 0.29) is 12.8 Å². The minimum atomic E-state index is -1.55. The van der Waals surface area contributed by atoms with E-state index in [9.17, 15) is 28.8 Å². The Bertz CT molecular complexity index is 698. The van der Waals surface area contributed by atoms with Crippen LogP contribution in [0.1, 0.15) is 46.5 Å². The number of rotatable bonds is 14. The number of nitrogens with two attached hydrogens (primary N) is 2. The lowest BCUT2D eigenvalue weighted by atomic mass is 9.97. The van der Waals surface area contributed by atoms with Crippen LogP contribution >= 0.6 is 0 Å². The van der Waals surface area contributed by atoms with Crippen LogP contribution in [-0.2, 0) is 28.8 Å². The van der Waals surface area contributed by atoms with Crippen molar-refractivity contribution in [1.29, 1.82) is 0 Å². The monoisotopic (exact) mass is 445 g/mol. The largest absolute Gasteiger partial charge is 0.481 e. The van der Waals surface area contributed by atoms with Gasteiger partial charge in [0.1, 0.15) is 18.1 Å². The first kappa shape index (κ1) is 27.8. The Labute approximate surface area is 179 Å². The topological polar surface area (TPSA) is 231 Å². The van der Waals surface area contributed by atoms with Gasteiger partial charge in [0.05, 0.1) is 12.5 Å². The van der Waals surface area contributed by atoms with Crippen LogP contribution in [0.4, 0.5) is 0 Å². The van der Waals surface area contributed by atoms with Crippen molar-refractivity contribution in [2.75, 3.05) is 0 Å². The lowest BCUT2D eigenvalue weighted by Gasteiger charge is -2.27. The van der Waals surface area contributed by atoms with Gasteiger partial charge < -0.3 is 37.6 Å². The Kier molecular flexibility index (Phi) is 11.8. The average Bonchev–Trinajstić information content (AvgIpc) is 2.67. The van der Waals surface area contributed by atoms with Crippen LogP contribution < -0.4 is 27.4 Å². The molecule has 13 nitrogen and oxygen atoms in total. The van der Waals surface area contributed by atoms with E-state index in [1.165, 1.54) is 6.92 Å². The van der Waals surface area contributed by atoms with E-state index < -0.39 is 72.1 Å². The lowest BCUT2D eigenvalue weighted by molar-refractivity contribution is -0.143. The van der Waals surface area contributed by atoms with Crippen molar-refractivity contribution in [1.82, 2.24) is 16.0 Å². The van der Waals surface area contributed by atoms with Crippen molar-refractivity contribution >= 4 is 35.6 Å². The van der Waals surface area contributed by atoms with Gasteiger partial charge in [-0.3, -0.25) is 28.8 Å². The number of hydrogen-bond acceptors (Lipinski definition) is 7. The molecule has 31 heavy (non-hydrogen) atoms. The summed E-state index contributed by atoms with van der Waals surface area (Å²) in [5.41, 5.74) is 10.6. The van der Waals surface area contributed by atoms with Crippen molar-refractivity contribution < 1.29 is 39.0 Å². The van der Waals surface area contributed by atoms with Gasteiger partial charge in [0.25, 0.3) is 0 Å². The third-order valence-corrected chi connectivity index (χ3v) is 4.57. The number of nitrogens with one attached hydrogen (secondary N) is 3. The predicted octanol–water partition coefficient (Wildman–Crippen LogP) is -2.34. The van der Waals surface area contributed by atoms with E-state index in [1.807, 2.05) is 0 Å². The van der Waals surface area contributed by atoms with E-state index >= 15 is 0 Å². The predicted molar refractivity (Wildman–Crippen MR) is 107 cm³/mol. The molecule has 0 rings (SSSR count). The molecule has 0 fully saturated rings. The molecular weight excluding hydrogens is 414 g/mol. The van der Waals surface area contributed by atoms with Gasteiger partial charge in [-0.15, -0.1) is 0 Å². The zero-order chi connectivity index (χ0) is 24.3. The Hall–Kier alpha value is -3.22. The number of amides is 4. The Balaban J connectivity index is 5.39. The van der Waals surface area contributed by atoms with Crippen molar-refractivity contribution in [3.63, 3.8) is 0 Å². The zero-order valence-electron chi connectivity index (χ0n) is 17.7. The minimum absolute atomic E-state index is 0.104. The maximum atomic E-state index is 12.7. The molecule has 0 aliphatic carbocycles. The molecule has 0 bridgehead atoms. The van der Waals surface area contributed by atoms with Crippen molar-refractivity contribution in [2.45, 2.75) is 70.6 Å².